The number of nitrogens with zero attached hydrogens (tertiary/aromatic N) is 5. The molecule has 0 saturated carbocycles. The number of rotatable bonds is 5. The largest absolute Gasteiger partial charge is 0.480 e. The third kappa shape index (κ3) is 4.02. The number of fused-ring (bicyclic) bond motifs is 1. The van der Waals surface area contributed by atoms with Crippen molar-refractivity contribution in [2.75, 3.05) is 20.2 Å². The second kappa shape index (κ2) is 8.89. The number of benzene rings is 1. The number of hydrogen-bond donors (Lipinski definition) is 1. The van der Waals surface area contributed by atoms with Gasteiger partial charge in [0, 0.05) is 49.0 Å². The minimum Gasteiger partial charge on any atom is -0.480 e. The summed E-state index contributed by atoms with van der Waals surface area (Å²) in [5.41, 5.74) is 5.48. The van der Waals surface area contributed by atoms with Crippen LogP contribution in [0.5, 0.6) is 5.88 Å². The summed E-state index contributed by atoms with van der Waals surface area (Å²) in [6.07, 6.45) is 3.80. The summed E-state index contributed by atoms with van der Waals surface area (Å²) >= 11 is 0. The van der Waals surface area contributed by atoms with Crippen molar-refractivity contribution in [3.63, 3.8) is 0 Å². The van der Waals surface area contributed by atoms with Crippen LogP contribution in [0.1, 0.15) is 51.1 Å². The molecule has 1 N–H and O–H groups in total. The van der Waals surface area contributed by atoms with Gasteiger partial charge in [-0.15, -0.1) is 0 Å². The maximum absolute atomic E-state index is 11.9. The molecule has 0 unspecified atom stereocenters. The Bertz CT molecular complexity index is 1290. The molecule has 174 valence electrons. The number of esters is 1. The average molecular weight is 459 g/mol. The number of nitrogens with one attached hydrogen (secondary N) is 1. The molecule has 0 aliphatic carbocycles. The average Bonchev–Trinajstić information content (AvgIpc) is 3.45. The van der Waals surface area contributed by atoms with Gasteiger partial charge in [0.25, 0.3) is 0 Å². The first kappa shape index (κ1) is 22.1. The molecule has 0 amide bonds. The summed E-state index contributed by atoms with van der Waals surface area (Å²) in [6.45, 7) is 7.12. The van der Waals surface area contributed by atoms with E-state index in [4.69, 9.17) is 9.47 Å². The van der Waals surface area contributed by atoms with Crippen molar-refractivity contribution in [3.05, 3.63) is 70.0 Å². The van der Waals surface area contributed by atoms with E-state index in [0.29, 0.717) is 29.6 Å². The molecule has 2 aliphatic rings. The van der Waals surface area contributed by atoms with Gasteiger partial charge < -0.3 is 14.8 Å². The SMILES string of the molecule is COc1nc(-n2cc(CN3C[C@@H](c4ccc5c(c4C)COC5=O)N[C@@H](C)C3)cn2)ccc1C#N. The van der Waals surface area contributed by atoms with Crippen molar-refractivity contribution >= 4 is 5.97 Å². The highest BCUT2D eigenvalue weighted by Crippen LogP contribution is 2.31. The highest BCUT2D eigenvalue weighted by Gasteiger charge is 2.30. The van der Waals surface area contributed by atoms with E-state index in [0.717, 1.165) is 36.3 Å². The lowest BCUT2D eigenvalue weighted by molar-refractivity contribution is 0.0535. The number of piperazine rings is 1. The second-order valence-corrected chi connectivity index (χ2v) is 8.83. The van der Waals surface area contributed by atoms with Crippen LogP contribution in [0.4, 0.5) is 0 Å². The molecule has 0 spiro atoms. The topological polar surface area (TPSA) is 105 Å². The fraction of sp³-hybridized carbons (Fsp3) is 0.360. The zero-order valence-electron chi connectivity index (χ0n) is 19.4. The van der Waals surface area contributed by atoms with Crippen LogP contribution in [0.2, 0.25) is 0 Å². The minimum absolute atomic E-state index is 0.157. The van der Waals surface area contributed by atoms with Gasteiger partial charge in [0.2, 0.25) is 5.88 Å². The second-order valence-electron chi connectivity index (χ2n) is 8.83. The van der Waals surface area contributed by atoms with Crippen LogP contribution in [0.15, 0.2) is 36.7 Å². The lowest BCUT2D eigenvalue weighted by Gasteiger charge is -2.38. The van der Waals surface area contributed by atoms with E-state index in [1.54, 1.807) is 16.8 Å². The highest BCUT2D eigenvalue weighted by atomic mass is 16.5. The minimum atomic E-state index is -0.234. The number of ether oxygens (including phenoxy) is 2. The number of hydrogen-bond acceptors (Lipinski definition) is 8. The van der Waals surface area contributed by atoms with Crippen molar-refractivity contribution in [2.45, 2.75) is 39.1 Å². The van der Waals surface area contributed by atoms with Gasteiger partial charge in [-0.2, -0.15) is 15.3 Å². The predicted octanol–water partition coefficient (Wildman–Crippen LogP) is 2.66. The number of pyridine rings is 1. The number of methoxy groups -OCH3 is 1. The first-order valence-electron chi connectivity index (χ1n) is 11.2. The Morgan fingerprint density at radius 3 is 2.94 bits per heavy atom. The number of carbonyl (C=O) groups is 1. The van der Waals surface area contributed by atoms with Crippen LogP contribution in [0.25, 0.3) is 5.82 Å². The summed E-state index contributed by atoms with van der Waals surface area (Å²) in [5, 5.41) is 17.3. The Labute approximate surface area is 197 Å². The molecular formula is C25H26N6O3. The first-order chi connectivity index (χ1) is 16.5. The maximum Gasteiger partial charge on any atom is 0.338 e. The summed E-state index contributed by atoms with van der Waals surface area (Å²) in [4.78, 5) is 18.7. The van der Waals surface area contributed by atoms with Crippen LogP contribution < -0.4 is 10.1 Å². The highest BCUT2D eigenvalue weighted by molar-refractivity contribution is 5.94. The number of cyclic esters (lactones) is 1. The molecule has 2 atom stereocenters. The summed E-state index contributed by atoms with van der Waals surface area (Å²) in [7, 11) is 1.50. The van der Waals surface area contributed by atoms with Gasteiger partial charge >= 0.3 is 5.97 Å². The van der Waals surface area contributed by atoms with Crippen molar-refractivity contribution in [3.8, 4) is 17.8 Å². The Kier molecular flexibility index (Phi) is 5.77. The predicted molar refractivity (Wildman–Crippen MR) is 124 cm³/mol. The van der Waals surface area contributed by atoms with Crippen LogP contribution in [0.3, 0.4) is 0 Å². The number of nitriles is 1. The van der Waals surface area contributed by atoms with E-state index in [9.17, 15) is 10.1 Å². The first-order valence-corrected chi connectivity index (χ1v) is 11.2. The molecule has 3 aromatic rings. The normalized spacial score (nSPS) is 20.0. The van der Waals surface area contributed by atoms with Gasteiger partial charge in [-0.05, 0) is 43.2 Å². The fourth-order valence-electron chi connectivity index (χ4n) is 4.86. The van der Waals surface area contributed by atoms with Gasteiger partial charge in [-0.1, -0.05) is 6.07 Å². The van der Waals surface area contributed by atoms with E-state index in [-0.39, 0.29) is 17.9 Å². The van der Waals surface area contributed by atoms with Gasteiger partial charge in [0.15, 0.2) is 5.82 Å². The van der Waals surface area contributed by atoms with Crippen LogP contribution in [-0.4, -0.2) is 51.9 Å². The van der Waals surface area contributed by atoms with Crippen molar-refractivity contribution in [2.24, 2.45) is 0 Å². The molecule has 2 aromatic heterocycles. The molecule has 5 rings (SSSR count). The summed E-state index contributed by atoms with van der Waals surface area (Å²) in [6, 6.07) is 9.92. The maximum atomic E-state index is 11.9. The molecule has 4 heterocycles. The van der Waals surface area contributed by atoms with Crippen molar-refractivity contribution in [1.82, 2.24) is 25.0 Å². The third-order valence-electron chi connectivity index (χ3n) is 6.48. The van der Waals surface area contributed by atoms with Crippen LogP contribution in [0, 0.1) is 18.3 Å². The molecule has 2 aliphatic heterocycles. The molecule has 9 nitrogen and oxygen atoms in total. The smallest absolute Gasteiger partial charge is 0.338 e. The zero-order chi connectivity index (χ0) is 23.8. The molecule has 1 saturated heterocycles. The van der Waals surface area contributed by atoms with Gasteiger partial charge in [-0.25, -0.2) is 9.48 Å². The van der Waals surface area contributed by atoms with Crippen LogP contribution >= 0.6 is 0 Å². The summed E-state index contributed by atoms with van der Waals surface area (Å²) < 4.78 is 12.1. The van der Waals surface area contributed by atoms with Crippen molar-refractivity contribution < 1.29 is 14.3 Å². The Morgan fingerprint density at radius 1 is 1.29 bits per heavy atom. The van der Waals surface area contributed by atoms with E-state index in [1.165, 1.54) is 12.7 Å². The Morgan fingerprint density at radius 2 is 2.15 bits per heavy atom. The lowest BCUT2D eigenvalue weighted by atomic mass is 9.92. The molecule has 9 heteroatoms. The molecule has 1 fully saturated rings. The fourth-order valence-corrected chi connectivity index (χ4v) is 4.86. The Balaban J connectivity index is 1.33. The zero-order valence-corrected chi connectivity index (χ0v) is 19.4. The van der Waals surface area contributed by atoms with E-state index >= 15 is 0 Å². The molecule has 0 bridgehead atoms. The molecule has 0 radical (unpaired) electrons. The number of aromatic nitrogens is 3. The van der Waals surface area contributed by atoms with E-state index in [2.05, 4.69) is 46.3 Å². The summed E-state index contributed by atoms with van der Waals surface area (Å²) in [5.74, 6) is 0.648. The van der Waals surface area contributed by atoms with E-state index < -0.39 is 0 Å². The standard InChI is InChI=1S/C25H26N6O3/c1-15-10-30(13-22(28-15)19-5-6-20-21(16(19)2)14-34-25(20)32)11-17-9-27-31(12-17)23-7-4-18(8-26)24(29-23)33-3/h4-7,9,12,15,22,28H,10-11,13-14H2,1-3H3/t15-,22-/m0/s1. The third-order valence-corrected chi connectivity index (χ3v) is 6.48. The van der Waals surface area contributed by atoms with Crippen LogP contribution in [-0.2, 0) is 17.9 Å². The number of carbonyl (C=O) groups excluding carboxylic acids is 1. The van der Waals surface area contributed by atoms with Gasteiger partial charge in [0.1, 0.15) is 18.2 Å². The van der Waals surface area contributed by atoms with Gasteiger partial charge in [0.05, 0.1) is 18.9 Å². The molecule has 1 aromatic carbocycles. The molecule has 34 heavy (non-hydrogen) atoms. The van der Waals surface area contributed by atoms with Crippen molar-refractivity contribution in [1.29, 1.82) is 5.26 Å². The Hall–Kier alpha value is -3.74. The quantitative estimate of drug-likeness (QED) is 0.582. The molecular weight excluding hydrogens is 432 g/mol. The lowest BCUT2D eigenvalue weighted by Crippen LogP contribution is -2.50. The van der Waals surface area contributed by atoms with Gasteiger partial charge in [-0.3, -0.25) is 4.90 Å². The van der Waals surface area contributed by atoms with E-state index in [1.807, 2.05) is 18.5 Å². The monoisotopic (exact) mass is 458 g/mol.